The summed E-state index contributed by atoms with van der Waals surface area (Å²) < 4.78 is 5.07. The maximum atomic E-state index is 10.4. The van der Waals surface area contributed by atoms with Gasteiger partial charge in [0.05, 0.1) is 6.61 Å². The highest BCUT2D eigenvalue weighted by atomic mass is 16.5. The normalized spacial score (nSPS) is 13.7. The first-order valence-electron chi connectivity index (χ1n) is 3.49. The fourth-order valence-electron chi connectivity index (χ4n) is 1.05. The van der Waals surface area contributed by atoms with Crippen molar-refractivity contribution in [3.05, 3.63) is 17.6 Å². The van der Waals surface area contributed by atoms with Gasteiger partial charge >= 0.3 is 5.97 Å². The van der Waals surface area contributed by atoms with Gasteiger partial charge in [-0.05, 0) is 0 Å². The minimum atomic E-state index is -1.13. The Morgan fingerprint density at radius 1 is 1.67 bits per heavy atom. The summed E-state index contributed by atoms with van der Waals surface area (Å²) in [5, 5.41) is 8.54. The van der Waals surface area contributed by atoms with E-state index in [1.54, 1.807) is 0 Å². The fourth-order valence-corrected chi connectivity index (χ4v) is 1.05. The predicted molar refractivity (Wildman–Crippen MR) is 38.2 cm³/mol. The molecule has 0 radical (unpaired) electrons. The van der Waals surface area contributed by atoms with Crippen LogP contribution in [0.3, 0.4) is 0 Å². The number of ether oxygens (including phenoxy) is 1. The number of nitrogens with zero attached hydrogens (tertiary/aromatic N) is 2. The second-order valence-electron chi connectivity index (χ2n) is 2.43. The van der Waals surface area contributed by atoms with Crippen LogP contribution in [0.4, 0.5) is 0 Å². The van der Waals surface area contributed by atoms with E-state index >= 15 is 0 Å². The molecule has 0 unspecified atom stereocenters. The number of rotatable bonds is 1. The summed E-state index contributed by atoms with van der Waals surface area (Å²) in [6.45, 7) is 0.563. The molecule has 1 aromatic heterocycles. The topological polar surface area (TPSA) is 72.3 Å². The Morgan fingerprint density at radius 3 is 3.25 bits per heavy atom. The second-order valence-corrected chi connectivity index (χ2v) is 2.43. The van der Waals surface area contributed by atoms with Crippen LogP contribution in [0.15, 0.2) is 6.20 Å². The molecular formula is C7H6N2O3. The Morgan fingerprint density at radius 2 is 2.50 bits per heavy atom. The van der Waals surface area contributed by atoms with E-state index in [1.807, 2.05) is 0 Å². The van der Waals surface area contributed by atoms with Gasteiger partial charge in [-0.3, -0.25) is 0 Å². The summed E-state index contributed by atoms with van der Waals surface area (Å²) in [5.74, 6) is -0.939. The molecule has 2 rings (SSSR count). The Bertz CT molecular complexity index is 337. The molecule has 0 aromatic carbocycles. The van der Waals surface area contributed by atoms with E-state index in [0.717, 1.165) is 12.0 Å². The minimum Gasteiger partial charge on any atom is -0.477 e. The van der Waals surface area contributed by atoms with Crippen molar-refractivity contribution in [2.24, 2.45) is 0 Å². The third-order valence-corrected chi connectivity index (χ3v) is 1.63. The highest BCUT2D eigenvalue weighted by molar-refractivity contribution is 5.83. The standard InChI is InChI=1S/C7H6N2O3/c10-7(11)5-8-3-4-1-2-12-6(4)9-5/h3H,1-2H2,(H,10,11). The van der Waals surface area contributed by atoms with Crippen LogP contribution in [-0.2, 0) is 6.42 Å². The Kier molecular flexibility index (Phi) is 1.43. The summed E-state index contributed by atoms with van der Waals surface area (Å²) in [6, 6.07) is 0. The monoisotopic (exact) mass is 166 g/mol. The van der Waals surface area contributed by atoms with Gasteiger partial charge in [0, 0.05) is 18.2 Å². The highest BCUT2D eigenvalue weighted by Crippen LogP contribution is 2.20. The summed E-state index contributed by atoms with van der Waals surface area (Å²) in [7, 11) is 0. The summed E-state index contributed by atoms with van der Waals surface area (Å²) >= 11 is 0. The van der Waals surface area contributed by atoms with Gasteiger partial charge in [0.25, 0.3) is 0 Å². The number of carboxylic acids is 1. The molecule has 0 saturated carbocycles. The lowest BCUT2D eigenvalue weighted by Gasteiger charge is -1.96. The molecule has 0 bridgehead atoms. The van der Waals surface area contributed by atoms with Crippen LogP contribution < -0.4 is 4.74 Å². The SMILES string of the molecule is O=C(O)c1ncc2c(n1)OCC2. The van der Waals surface area contributed by atoms with Crippen LogP contribution in [0, 0.1) is 0 Å². The number of carbonyl (C=O) groups is 1. The third kappa shape index (κ3) is 0.990. The Balaban J connectivity index is 2.45. The minimum absolute atomic E-state index is 0.212. The van der Waals surface area contributed by atoms with Crippen LogP contribution in [0.5, 0.6) is 5.88 Å². The molecular weight excluding hydrogens is 160 g/mol. The van der Waals surface area contributed by atoms with E-state index in [1.165, 1.54) is 6.20 Å². The average Bonchev–Trinajstić information content (AvgIpc) is 2.49. The quantitative estimate of drug-likeness (QED) is 0.641. The lowest BCUT2D eigenvalue weighted by atomic mass is 10.3. The molecule has 5 nitrogen and oxygen atoms in total. The number of fused-ring (bicyclic) bond motifs is 1. The predicted octanol–water partition coefficient (Wildman–Crippen LogP) is 0.110. The molecule has 1 aromatic rings. The molecule has 1 N–H and O–H groups in total. The van der Waals surface area contributed by atoms with E-state index in [-0.39, 0.29) is 5.82 Å². The fraction of sp³-hybridized carbons (Fsp3) is 0.286. The van der Waals surface area contributed by atoms with Gasteiger partial charge in [0.2, 0.25) is 11.7 Å². The van der Waals surface area contributed by atoms with E-state index < -0.39 is 5.97 Å². The molecule has 0 spiro atoms. The van der Waals surface area contributed by atoms with Gasteiger partial charge < -0.3 is 9.84 Å². The molecule has 2 heterocycles. The van der Waals surface area contributed by atoms with Gasteiger partial charge in [0.15, 0.2) is 0 Å². The zero-order valence-electron chi connectivity index (χ0n) is 6.15. The van der Waals surface area contributed by atoms with Gasteiger partial charge in [-0.1, -0.05) is 0 Å². The van der Waals surface area contributed by atoms with Crippen molar-refractivity contribution >= 4 is 5.97 Å². The second kappa shape index (κ2) is 2.44. The smallest absolute Gasteiger partial charge is 0.374 e. The van der Waals surface area contributed by atoms with Crippen LogP contribution >= 0.6 is 0 Å². The van der Waals surface area contributed by atoms with Crippen LogP contribution in [0.25, 0.3) is 0 Å². The van der Waals surface area contributed by atoms with Crippen LogP contribution in [0.1, 0.15) is 16.2 Å². The molecule has 12 heavy (non-hydrogen) atoms. The van der Waals surface area contributed by atoms with Gasteiger partial charge in [-0.15, -0.1) is 0 Å². The van der Waals surface area contributed by atoms with Crippen molar-refractivity contribution in [2.45, 2.75) is 6.42 Å². The van der Waals surface area contributed by atoms with Gasteiger partial charge in [-0.2, -0.15) is 4.98 Å². The average molecular weight is 166 g/mol. The van der Waals surface area contributed by atoms with Crippen molar-refractivity contribution in [1.82, 2.24) is 9.97 Å². The van der Waals surface area contributed by atoms with Crippen molar-refractivity contribution < 1.29 is 14.6 Å². The maximum Gasteiger partial charge on any atom is 0.374 e. The molecule has 0 amide bonds. The van der Waals surface area contributed by atoms with Crippen molar-refractivity contribution in [1.29, 1.82) is 0 Å². The lowest BCUT2D eigenvalue weighted by Crippen LogP contribution is -2.04. The van der Waals surface area contributed by atoms with E-state index in [9.17, 15) is 4.79 Å². The van der Waals surface area contributed by atoms with E-state index in [2.05, 4.69) is 9.97 Å². The van der Waals surface area contributed by atoms with Crippen LogP contribution in [-0.4, -0.2) is 27.7 Å². The molecule has 1 aliphatic rings. The van der Waals surface area contributed by atoms with E-state index in [4.69, 9.17) is 9.84 Å². The third-order valence-electron chi connectivity index (χ3n) is 1.63. The first-order chi connectivity index (χ1) is 5.77. The Hall–Kier alpha value is -1.65. The van der Waals surface area contributed by atoms with Crippen LogP contribution in [0.2, 0.25) is 0 Å². The molecule has 0 fully saturated rings. The first kappa shape index (κ1) is 7.02. The molecule has 0 saturated heterocycles. The summed E-state index contributed by atoms with van der Waals surface area (Å²) in [5.41, 5.74) is 0.875. The lowest BCUT2D eigenvalue weighted by molar-refractivity contribution is 0.0682. The van der Waals surface area contributed by atoms with Gasteiger partial charge in [-0.25, -0.2) is 9.78 Å². The van der Waals surface area contributed by atoms with Crippen molar-refractivity contribution in [3.8, 4) is 5.88 Å². The first-order valence-corrected chi connectivity index (χ1v) is 3.49. The summed E-state index contributed by atoms with van der Waals surface area (Å²) in [4.78, 5) is 17.8. The number of hydrogen-bond donors (Lipinski definition) is 1. The largest absolute Gasteiger partial charge is 0.477 e. The number of aromatic nitrogens is 2. The zero-order chi connectivity index (χ0) is 8.55. The molecule has 0 aliphatic carbocycles. The number of hydrogen-bond acceptors (Lipinski definition) is 4. The highest BCUT2D eigenvalue weighted by Gasteiger charge is 2.17. The Labute approximate surface area is 68.0 Å². The number of aromatic carboxylic acids is 1. The maximum absolute atomic E-state index is 10.4. The van der Waals surface area contributed by atoms with Gasteiger partial charge in [0.1, 0.15) is 0 Å². The van der Waals surface area contributed by atoms with E-state index in [0.29, 0.717) is 12.5 Å². The number of carboxylic acid groups (broad SMARTS) is 1. The van der Waals surface area contributed by atoms with Crippen molar-refractivity contribution in [3.63, 3.8) is 0 Å². The molecule has 62 valence electrons. The summed E-state index contributed by atoms with van der Waals surface area (Å²) in [6.07, 6.45) is 2.26. The molecule has 1 aliphatic heterocycles. The van der Waals surface area contributed by atoms with Crippen molar-refractivity contribution in [2.75, 3.05) is 6.61 Å². The molecule has 0 atom stereocenters. The zero-order valence-corrected chi connectivity index (χ0v) is 6.15. The molecule has 5 heteroatoms.